The van der Waals surface area contributed by atoms with Gasteiger partial charge in [-0.05, 0) is 6.42 Å². The van der Waals surface area contributed by atoms with E-state index in [1.807, 2.05) is 0 Å². The molecule has 7 heteroatoms. The SMILES string of the molecule is CCCS(=O)(=O)O.O=C1CCC(=O)N1. The lowest BCUT2D eigenvalue weighted by molar-refractivity contribution is -0.124. The van der Waals surface area contributed by atoms with E-state index in [9.17, 15) is 18.0 Å². The fourth-order valence-electron chi connectivity index (χ4n) is 0.766. The fraction of sp³-hybridized carbons (Fsp3) is 0.714. The lowest BCUT2D eigenvalue weighted by Crippen LogP contribution is -2.18. The first-order chi connectivity index (χ1) is 6.35. The second-order valence-corrected chi connectivity index (χ2v) is 4.33. The van der Waals surface area contributed by atoms with E-state index in [1.165, 1.54) is 0 Å². The van der Waals surface area contributed by atoms with Crippen molar-refractivity contribution in [3.05, 3.63) is 0 Å². The Morgan fingerprint density at radius 2 is 1.71 bits per heavy atom. The molecule has 0 aromatic heterocycles. The molecule has 0 saturated carbocycles. The standard InChI is InChI=1S/C4H5NO2.C3H8O3S/c6-3-1-2-4(7)5-3;1-2-3-7(4,5)6/h1-2H2,(H,5,6,7);2-3H2,1H3,(H,4,5,6). The van der Waals surface area contributed by atoms with Crippen LogP contribution < -0.4 is 5.32 Å². The minimum atomic E-state index is -3.67. The number of carbonyl (C=O) groups is 2. The van der Waals surface area contributed by atoms with Crippen molar-refractivity contribution in [2.75, 3.05) is 5.75 Å². The number of rotatable bonds is 2. The van der Waals surface area contributed by atoms with Gasteiger partial charge in [0.1, 0.15) is 0 Å². The van der Waals surface area contributed by atoms with E-state index in [0.717, 1.165) is 0 Å². The zero-order chi connectivity index (χ0) is 11.2. The van der Waals surface area contributed by atoms with Gasteiger partial charge in [0.15, 0.2) is 0 Å². The number of hydrogen-bond acceptors (Lipinski definition) is 4. The molecule has 0 radical (unpaired) electrons. The Kier molecular flexibility index (Phi) is 5.32. The summed E-state index contributed by atoms with van der Waals surface area (Å²) < 4.78 is 27.6. The van der Waals surface area contributed by atoms with Crippen LogP contribution >= 0.6 is 0 Å². The second kappa shape index (κ2) is 5.71. The molecule has 6 nitrogen and oxygen atoms in total. The smallest absolute Gasteiger partial charge is 0.264 e. The monoisotopic (exact) mass is 223 g/mol. The Morgan fingerprint density at radius 3 is 1.79 bits per heavy atom. The van der Waals surface area contributed by atoms with E-state index in [4.69, 9.17) is 4.55 Å². The molecular formula is C7H13NO5S. The molecule has 1 saturated heterocycles. The van der Waals surface area contributed by atoms with Crippen molar-refractivity contribution in [1.82, 2.24) is 5.32 Å². The molecule has 0 atom stereocenters. The Morgan fingerprint density at radius 1 is 1.29 bits per heavy atom. The van der Waals surface area contributed by atoms with E-state index in [-0.39, 0.29) is 17.6 Å². The Hall–Kier alpha value is -0.950. The number of amides is 2. The molecule has 0 unspecified atom stereocenters. The molecule has 1 fully saturated rings. The van der Waals surface area contributed by atoms with Gasteiger partial charge >= 0.3 is 0 Å². The van der Waals surface area contributed by atoms with Crippen LogP contribution in [-0.2, 0) is 19.7 Å². The third kappa shape index (κ3) is 7.69. The average molecular weight is 223 g/mol. The molecule has 0 aliphatic carbocycles. The molecule has 0 bridgehead atoms. The van der Waals surface area contributed by atoms with E-state index in [2.05, 4.69) is 5.32 Å². The highest BCUT2D eigenvalue weighted by Crippen LogP contribution is 1.95. The van der Waals surface area contributed by atoms with Crippen molar-refractivity contribution < 1.29 is 22.6 Å². The maximum Gasteiger partial charge on any atom is 0.264 e. The Balaban J connectivity index is 0.000000241. The third-order valence-electron chi connectivity index (χ3n) is 1.32. The third-order valence-corrected chi connectivity index (χ3v) is 2.24. The largest absolute Gasteiger partial charge is 0.296 e. The van der Waals surface area contributed by atoms with Gasteiger partial charge in [-0.1, -0.05) is 6.92 Å². The van der Waals surface area contributed by atoms with Gasteiger partial charge in [0.25, 0.3) is 10.1 Å². The molecule has 2 amide bonds. The van der Waals surface area contributed by atoms with Gasteiger partial charge in [0, 0.05) is 12.8 Å². The van der Waals surface area contributed by atoms with Crippen LogP contribution in [0.2, 0.25) is 0 Å². The van der Waals surface area contributed by atoms with Crippen LogP contribution in [0, 0.1) is 0 Å². The fourth-order valence-corrected chi connectivity index (χ4v) is 1.28. The summed E-state index contributed by atoms with van der Waals surface area (Å²) in [6.07, 6.45) is 1.22. The van der Waals surface area contributed by atoms with E-state index in [1.54, 1.807) is 6.92 Å². The van der Waals surface area contributed by atoms with E-state index in [0.29, 0.717) is 19.3 Å². The molecule has 1 rings (SSSR count). The molecule has 1 heterocycles. The summed E-state index contributed by atoms with van der Waals surface area (Å²) in [5.41, 5.74) is 0. The van der Waals surface area contributed by atoms with E-state index >= 15 is 0 Å². The minimum absolute atomic E-state index is 0.132. The van der Waals surface area contributed by atoms with Crippen LogP contribution in [0.4, 0.5) is 0 Å². The molecule has 1 aliphatic rings. The summed E-state index contributed by atoms with van der Waals surface area (Å²) in [6, 6.07) is 0. The Bertz CT molecular complexity index is 294. The summed E-state index contributed by atoms with van der Waals surface area (Å²) in [5, 5.41) is 2.14. The first-order valence-corrected chi connectivity index (χ1v) is 5.74. The number of nitrogens with one attached hydrogen (secondary N) is 1. The zero-order valence-corrected chi connectivity index (χ0v) is 8.63. The van der Waals surface area contributed by atoms with Gasteiger partial charge in [0.2, 0.25) is 11.8 Å². The predicted molar refractivity (Wildman–Crippen MR) is 49.1 cm³/mol. The first kappa shape index (κ1) is 13.1. The average Bonchev–Trinajstić information content (AvgIpc) is 2.33. The van der Waals surface area contributed by atoms with Crippen molar-refractivity contribution >= 4 is 21.9 Å². The van der Waals surface area contributed by atoms with Gasteiger partial charge < -0.3 is 0 Å². The second-order valence-electron chi connectivity index (χ2n) is 2.76. The maximum absolute atomic E-state index is 10.1. The van der Waals surface area contributed by atoms with E-state index < -0.39 is 10.1 Å². The van der Waals surface area contributed by atoms with Gasteiger partial charge in [-0.15, -0.1) is 0 Å². The molecule has 0 aromatic rings. The zero-order valence-electron chi connectivity index (χ0n) is 7.82. The highest BCUT2D eigenvalue weighted by Gasteiger charge is 2.15. The van der Waals surface area contributed by atoms with Crippen LogP contribution in [0.3, 0.4) is 0 Å². The van der Waals surface area contributed by atoms with Crippen molar-refractivity contribution in [3.63, 3.8) is 0 Å². The van der Waals surface area contributed by atoms with Crippen molar-refractivity contribution in [1.29, 1.82) is 0 Å². The molecule has 0 aromatic carbocycles. The number of hydrogen-bond donors (Lipinski definition) is 2. The molecule has 1 aliphatic heterocycles. The number of carbonyl (C=O) groups excluding carboxylic acids is 2. The maximum atomic E-state index is 10.1. The van der Waals surface area contributed by atoms with Crippen LogP contribution in [0.15, 0.2) is 0 Å². The lowest BCUT2D eigenvalue weighted by atomic mass is 10.4. The Labute approximate surface area is 82.4 Å². The van der Waals surface area contributed by atoms with Gasteiger partial charge in [-0.3, -0.25) is 19.5 Å². The van der Waals surface area contributed by atoms with Crippen LogP contribution in [0.5, 0.6) is 0 Å². The summed E-state index contributed by atoms with van der Waals surface area (Å²) in [5.74, 6) is -0.428. The normalized spacial score (nSPS) is 15.9. The minimum Gasteiger partial charge on any atom is -0.296 e. The van der Waals surface area contributed by atoms with Crippen LogP contribution in [-0.4, -0.2) is 30.5 Å². The van der Waals surface area contributed by atoms with Gasteiger partial charge in [-0.2, -0.15) is 8.42 Å². The van der Waals surface area contributed by atoms with Crippen LogP contribution in [0.25, 0.3) is 0 Å². The first-order valence-electron chi connectivity index (χ1n) is 4.13. The lowest BCUT2D eigenvalue weighted by Gasteiger charge is -1.85. The molecular weight excluding hydrogens is 210 g/mol. The summed E-state index contributed by atoms with van der Waals surface area (Å²) in [6.45, 7) is 1.69. The topological polar surface area (TPSA) is 101 Å². The van der Waals surface area contributed by atoms with Crippen molar-refractivity contribution in [2.24, 2.45) is 0 Å². The highest BCUT2D eigenvalue weighted by atomic mass is 32.2. The summed E-state index contributed by atoms with van der Waals surface area (Å²) in [7, 11) is -3.67. The van der Waals surface area contributed by atoms with Crippen LogP contribution in [0.1, 0.15) is 26.2 Å². The van der Waals surface area contributed by atoms with Crippen molar-refractivity contribution in [2.45, 2.75) is 26.2 Å². The summed E-state index contributed by atoms with van der Waals surface area (Å²) >= 11 is 0. The molecule has 14 heavy (non-hydrogen) atoms. The molecule has 2 N–H and O–H groups in total. The number of imide groups is 1. The predicted octanol–water partition coefficient (Wildman–Crippen LogP) is -0.293. The molecule has 0 spiro atoms. The molecule has 82 valence electrons. The highest BCUT2D eigenvalue weighted by molar-refractivity contribution is 7.85. The summed E-state index contributed by atoms with van der Waals surface area (Å²) in [4.78, 5) is 20.2. The quantitative estimate of drug-likeness (QED) is 0.494. The van der Waals surface area contributed by atoms with Gasteiger partial charge in [-0.25, -0.2) is 0 Å². The van der Waals surface area contributed by atoms with Gasteiger partial charge in [0.05, 0.1) is 5.75 Å². The van der Waals surface area contributed by atoms with Crippen molar-refractivity contribution in [3.8, 4) is 0 Å².